The lowest BCUT2D eigenvalue weighted by atomic mass is 10.1. The summed E-state index contributed by atoms with van der Waals surface area (Å²) in [5.41, 5.74) is 19.7. The third kappa shape index (κ3) is 4.51. The highest BCUT2D eigenvalue weighted by molar-refractivity contribution is 5.98. The van der Waals surface area contributed by atoms with Gasteiger partial charge < -0.3 is 10.6 Å². The van der Waals surface area contributed by atoms with Gasteiger partial charge in [-0.15, -0.1) is 0 Å². The molecule has 29 heavy (non-hydrogen) atoms. The van der Waals surface area contributed by atoms with E-state index >= 15 is 0 Å². The van der Waals surface area contributed by atoms with Crippen LogP contribution in [-0.2, 0) is 16.6 Å². The minimum absolute atomic E-state index is 0.279. The second-order valence-corrected chi connectivity index (χ2v) is 6.12. The maximum absolute atomic E-state index is 11.8. The summed E-state index contributed by atoms with van der Waals surface area (Å²) >= 11 is 0. The molecule has 3 aromatic rings. The van der Waals surface area contributed by atoms with Crippen molar-refractivity contribution in [1.82, 2.24) is 0 Å². The van der Waals surface area contributed by atoms with Crippen LogP contribution >= 0.6 is 0 Å². The minimum Gasteiger partial charge on any atom is -0.326 e. The van der Waals surface area contributed by atoms with Gasteiger partial charge in [-0.25, -0.2) is 0 Å². The number of nitrogens with zero attached hydrogens (tertiary/aromatic N) is 7. The van der Waals surface area contributed by atoms with Gasteiger partial charge in [0.2, 0.25) is 22.8 Å². The Balaban J connectivity index is 1.96. The van der Waals surface area contributed by atoms with E-state index in [1.807, 2.05) is 41.9 Å². The Kier molecular flexibility index (Phi) is 5.74. The SMILES string of the molecule is C[n+]1c2ccc(NC(=O)CN=[N+]=[N-])cc2cc2cc(NC(=O)CN=[N+]=[N-])ccc21. The van der Waals surface area contributed by atoms with Crippen molar-refractivity contribution >= 4 is 45.0 Å². The molecule has 11 heteroatoms. The average molecular weight is 390 g/mol. The van der Waals surface area contributed by atoms with Crippen molar-refractivity contribution in [2.24, 2.45) is 17.3 Å². The number of rotatable bonds is 6. The molecule has 0 fully saturated rings. The van der Waals surface area contributed by atoms with Gasteiger partial charge in [-0.05, 0) is 41.4 Å². The number of anilines is 2. The van der Waals surface area contributed by atoms with E-state index in [4.69, 9.17) is 11.1 Å². The monoisotopic (exact) mass is 390 g/mol. The molecule has 2 N–H and O–H groups in total. The highest BCUT2D eigenvalue weighted by Crippen LogP contribution is 2.23. The van der Waals surface area contributed by atoms with Crippen LogP contribution in [0.3, 0.4) is 0 Å². The molecule has 2 amide bonds. The summed E-state index contributed by atoms with van der Waals surface area (Å²) in [4.78, 5) is 28.6. The standard InChI is InChI=1S/C18H15N9O2/c1-27-15-4-2-13(23-17(28)9-21-25-19)7-11(15)6-12-8-14(3-5-16(12)27)24-18(29)10-22-26-20/h2-8H,9-10H2,1H3,(H-,23,24,28,29)/p+1. The number of nitrogens with one attached hydrogen (secondary N) is 2. The molecule has 0 atom stereocenters. The number of hydrogen-bond donors (Lipinski definition) is 2. The predicted molar refractivity (Wildman–Crippen MR) is 108 cm³/mol. The van der Waals surface area contributed by atoms with Crippen LogP contribution in [0.1, 0.15) is 0 Å². The summed E-state index contributed by atoms with van der Waals surface area (Å²) in [6.45, 7) is -0.558. The van der Waals surface area contributed by atoms with Gasteiger partial charge in [0.25, 0.3) is 0 Å². The largest absolute Gasteiger partial charge is 0.326 e. The summed E-state index contributed by atoms with van der Waals surface area (Å²) in [7, 11) is 1.92. The van der Waals surface area contributed by atoms with E-state index in [-0.39, 0.29) is 13.1 Å². The molecule has 1 heterocycles. The van der Waals surface area contributed by atoms with Crippen LogP contribution in [0.2, 0.25) is 0 Å². The zero-order valence-electron chi connectivity index (χ0n) is 15.4. The van der Waals surface area contributed by atoms with Gasteiger partial charge in [0.15, 0.2) is 0 Å². The van der Waals surface area contributed by atoms with Crippen LogP contribution < -0.4 is 15.2 Å². The van der Waals surface area contributed by atoms with Crippen LogP contribution in [0.15, 0.2) is 52.7 Å². The first-order valence-corrected chi connectivity index (χ1v) is 8.50. The summed E-state index contributed by atoms with van der Waals surface area (Å²) in [6, 6.07) is 12.9. The van der Waals surface area contributed by atoms with E-state index in [0.717, 1.165) is 21.8 Å². The summed E-state index contributed by atoms with van der Waals surface area (Å²) < 4.78 is 2.00. The van der Waals surface area contributed by atoms with E-state index in [1.165, 1.54) is 0 Å². The number of aryl methyl sites for hydroxylation is 1. The van der Waals surface area contributed by atoms with Gasteiger partial charge in [0.05, 0.1) is 0 Å². The summed E-state index contributed by atoms with van der Waals surface area (Å²) in [5, 5.41) is 13.6. The van der Waals surface area contributed by atoms with E-state index < -0.39 is 11.8 Å². The first kappa shape index (κ1) is 19.4. The number of azide groups is 2. The molecule has 0 radical (unpaired) electrons. The van der Waals surface area contributed by atoms with Crippen LogP contribution in [0.25, 0.3) is 42.7 Å². The van der Waals surface area contributed by atoms with Gasteiger partial charge in [-0.3, -0.25) is 9.59 Å². The normalized spacial score (nSPS) is 10.1. The van der Waals surface area contributed by atoms with Gasteiger partial charge in [0.1, 0.15) is 20.1 Å². The molecule has 0 unspecified atom stereocenters. The van der Waals surface area contributed by atoms with Gasteiger partial charge in [-0.1, -0.05) is 10.2 Å². The lowest BCUT2D eigenvalue weighted by Crippen LogP contribution is -2.30. The molecular formula is C18H16N9O2+. The number of carbonyl (C=O) groups excluding carboxylic acids is 2. The Labute approximate surface area is 164 Å². The van der Waals surface area contributed by atoms with Crippen molar-refractivity contribution in [2.45, 2.75) is 0 Å². The number of amides is 2. The topological polar surface area (TPSA) is 160 Å². The molecule has 3 rings (SSSR count). The van der Waals surface area contributed by atoms with E-state index in [1.54, 1.807) is 12.1 Å². The average Bonchev–Trinajstić information content (AvgIpc) is 2.70. The van der Waals surface area contributed by atoms with Crippen LogP contribution in [0, 0.1) is 0 Å². The molecular weight excluding hydrogens is 374 g/mol. The highest BCUT2D eigenvalue weighted by Gasteiger charge is 2.14. The summed E-state index contributed by atoms with van der Waals surface area (Å²) in [6.07, 6.45) is 0. The van der Waals surface area contributed by atoms with E-state index in [2.05, 4.69) is 30.7 Å². The second-order valence-electron chi connectivity index (χ2n) is 6.12. The number of aromatic nitrogens is 1. The maximum atomic E-state index is 11.8. The first-order valence-electron chi connectivity index (χ1n) is 8.50. The second kappa shape index (κ2) is 8.57. The van der Waals surface area contributed by atoms with E-state index in [9.17, 15) is 9.59 Å². The number of hydrogen-bond acceptors (Lipinski definition) is 4. The molecule has 0 saturated carbocycles. The molecule has 0 aliphatic carbocycles. The van der Waals surface area contributed by atoms with Crippen molar-refractivity contribution in [2.75, 3.05) is 23.7 Å². The number of carbonyl (C=O) groups is 2. The number of fused-ring (bicyclic) bond motifs is 2. The molecule has 0 spiro atoms. The van der Waals surface area contributed by atoms with Crippen molar-refractivity contribution in [3.05, 3.63) is 63.4 Å². The lowest BCUT2D eigenvalue weighted by molar-refractivity contribution is -0.617. The van der Waals surface area contributed by atoms with E-state index in [0.29, 0.717) is 11.4 Å². The fraction of sp³-hybridized carbons (Fsp3) is 0.167. The molecule has 2 aromatic carbocycles. The van der Waals surface area contributed by atoms with Crippen LogP contribution in [-0.4, -0.2) is 24.9 Å². The molecule has 11 nitrogen and oxygen atoms in total. The third-order valence-corrected chi connectivity index (χ3v) is 4.21. The van der Waals surface area contributed by atoms with Gasteiger partial charge in [0, 0.05) is 44.1 Å². The molecule has 144 valence electrons. The third-order valence-electron chi connectivity index (χ3n) is 4.21. The molecule has 0 aliphatic heterocycles. The van der Waals surface area contributed by atoms with Gasteiger partial charge in [-0.2, -0.15) is 4.57 Å². The fourth-order valence-corrected chi connectivity index (χ4v) is 3.00. The van der Waals surface area contributed by atoms with Crippen molar-refractivity contribution in [3.63, 3.8) is 0 Å². The van der Waals surface area contributed by atoms with Crippen molar-refractivity contribution in [3.8, 4) is 0 Å². The highest BCUT2D eigenvalue weighted by atomic mass is 16.2. The molecule has 1 aromatic heterocycles. The van der Waals surface area contributed by atoms with Crippen molar-refractivity contribution < 1.29 is 14.2 Å². The predicted octanol–water partition coefficient (Wildman–Crippen LogP) is 3.32. The fourth-order valence-electron chi connectivity index (χ4n) is 3.00. The van der Waals surface area contributed by atoms with Crippen LogP contribution in [0.4, 0.5) is 11.4 Å². The van der Waals surface area contributed by atoms with Crippen molar-refractivity contribution in [1.29, 1.82) is 0 Å². The zero-order chi connectivity index (χ0) is 20.8. The maximum Gasteiger partial charge on any atom is 0.230 e. The Bertz CT molecular complexity index is 1130. The Hall–Kier alpha value is -4.33. The Morgan fingerprint density at radius 1 is 0.862 bits per heavy atom. The summed E-state index contributed by atoms with van der Waals surface area (Å²) in [5.74, 6) is -0.810. The Morgan fingerprint density at radius 3 is 1.72 bits per heavy atom. The Morgan fingerprint density at radius 2 is 1.31 bits per heavy atom. The number of pyridine rings is 1. The number of benzene rings is 2. The molecule has 0 aliphatic rings. The molecule has 0 bridgehead atoms. The lowest BCUT2D eigenvalue weighted by Gasteiger charge is -2.08. The van der Waals surface area contributed by atoms with Crippen LogP contribution in [0.5, 0.6) is 0 Å². The first-order chi connectivity index (χ1) is 14.0. The minimum atomic E-state index is -0.405. The zero-order valence-corrected chi connectivity index (χ0v) is 15.4. The molecule has 0 saturated heterocycles. The van der Waals surface area contributed by atoms with Gasteiger partial charge >= 0.3 is 0 Å². The quantitative estimate of drug-likeness (QED) is 0.217. The smallest absolute Gasteiger partial charge is 0.230 e.